The number of phenolic OH excluding ortho intramolecular Hbond substituents is 2. The average Bonchev–Trinajstić information content (AvgIpc) is 3.17. The van der Waals surface area contributed by atoms with Gasteiger partial charge in [0.2, 0.25) is 5.78 Å². The smallest absolute Gasteiger partial charge is 0.316 e. The second-order valence-corrected chi connectivity index (χ2v) is 16.5. The number of fused-ring (bicyclic) bond motifs is 3. The predicted octanol–water partition coefficient (Wildman–Crippen LogP) is 4.14. The Morgan fingerprint density at radius 2 is 1.60 bits per heavy atom. The van der Waals surface area contributed by atoms with Crippen molar-refractivity contribution < 1.29 is 68.0 Å². The molecule has 58 heavy (non-hydrogen) atoms. The zero-order valence-corrected chi connectivity index (χ0v) is 34.0. The number of methoxy groups -OCH3 is 1. The van der Waals surface area contributed by atoms with Crippen LogP contribution in [-0.2, 0) is 38.0 Å². The molecule has 0 aromatic heterocycles. The van der Waals surface area contributed by atoms with E-state index in [9.17, 15) is 34.8 Å². The summed E-state index contributed by atoms with van der Waals surface area (Å²) < 4.78 is 43.1. The third kappa shape index (κ3) is 7.50. The number of hydrogen-bond donors (Lipinski definition) is 4. The van der Waals surface area contributed by atoms with Crippen LogP contribution in [0.1, 0.15) is 121 Å². The molecule has 3 heterocycles. The fraction of sp³-hybridized carbons (Fsp3) is 0.605. The van der Waals surface area contributed by atoms with Crippen LogP contribution in [0.15, 0.2) is 36.4 Å². The van der Waals surface area contributed by atoms with Gasteiger partial charge in [-0.3, -0.25) is 14.4 Å². The molecule has 0 saturated carbocycles. The zero-order valence-electron chi connectivity index (χ0n) is 34.0. The molecule has 2 aliphatic carbocycles. The summed E-state index contributed by atoms with van der Waals surface area (Å²) in [6.45, 7) is 11.3. The number of ether oxygens (including phenoxy) is 7. The second kappa shape index (κ2) is 16.4. The highest BCUT2D eigenvalue weighted by Gasteiger charge is 2.53. The lowest BCUT2D eigenvalue weighted by atomic mass is 9.67. The van der Waals surface area contributed by atoms with Gasteiger partial charge >= 0.3 is 5.97 Å². The molecule has 2 aromatic carbocycles. The van der Waals surface area contributed by atoms with Crippen molar-refractivity contribution in [3.63, 3.8) is 0 Å². The number of carbonyl (C=O) groups is 3. The lowest BCUT2D eigenvalue weighted by Crippen LogP contribution is -2.58. The number of hydrogen-bond acceptors (Lipinski definition) is 15. The molecule has 0 spiro atoms. The molecular formula is C43H55NO14. The first-order valence-electron chi connectivity index (χ1n) is 20.0. The van der Waals surface area contributed by atoms with Crippen LogP contribution < -0.4 is 0 Å². The molecule has 3 saturated heterocycles. The summed E-state index contributed by atoms with van der Waals surface area (Å²) in [5.41, 5.74) is -1.42. The Morgan fingerprint density at radius 3 is 2.24 bits per heavy atom. The van der Waals surface area contributed by atoms with Crippen LogP contribution in [0.2, 0.25) is 0 Å². The van der Waals surface area contributed by atoms with Crippen molar-refractivity contribution in [1.29, 1.82) is 0 Å². The van der Waals surface area contributed by atoms with Crippen molar-refractivity contribution in [1.82, 2.24) is 4.90 Å². The lowest BCUT2D eigenvalue weighted by Gasteiger charge is -2.48. The Bertz CT molecular complexity index is 1940. The van der Waals surface area contributed by atoms with E-state index in [1.165, 1.54) is 31.4 Å². The largest absolute Gasteiger partial charge is 0.507 e. The maximum atomic E-state index is 13.9. The minimum atomic E-state index is -1.75. The summed E-state index contributed by atoms with van der Waals surface area (Å²) in [5, 5.41) is 45.9. The molecule has 5 aliphatic rings. The first-order chi connectivity index (χ1) is 27.5. The number of benzene rings is 2. The van der Waals surface area contributed by atoms with E-state index < -0.39 is 96.0 Å². The molecule has 7 rings (SSSR count). The van der Waals surface area contributed by atoms with Crippen molar-refractivity contribution in [2.45, 2.75) is 145 Å². The van der Waals surface area contributed by atoms with Gasteiger partial charge < -0.3 is 58.5 Å². The highest BCUT2D eigenvalue weighted by atomic mass is 16.7. The number of ketones is 2. The Labute approximate surface area is 337 Å². The fourth-order valence-corrected chi connectivity index (χ4v) is 9.34. The molecule has 0 amide bonds. The van der Waals surface area contributed by atoms with Gasteiger partial charge in [-0.25, -0.2) is 0 Å². The van der Waals surface area contributed by atoms with Crippen molar-refractivity contribution in [3.8, 4) is 11.5 Å². The van der Waals surface area contributed by atoms with Crippen molar-refractivity contribution in [2.75, 3.05) is 21.2 Å². The summed E-state index contributed by atoms with van der Waals surface area (Å²) in [6, 6.07) is 5.16. The average molecular weight is 810 g/mol. The van der Waals surface area contributed by atoms with Crippen molar-refractivity contribution in [2.24, 2.45) is 0 Å². The van der Waals surface area contributed by atoms with E-state index in [-0.39, 0.29) is 71.2 Å². The summed E-state index contributed by atoms with van der Waals surface area (Å²) in [6.07, 6.45) is -4.92. The first kappa shape index (κ1) is 42.4. The van der Waals surface area contributed by atoms with Gasteiger partial charge in [0.15, 0.2) is 24.7 Å². The number of esters is 1. The normalized spacial score (nSPS) is 36.3. The molecule has 5 unspecified atom stereocenters. The molecule has 316 valence electrons. The first-order valence-corrected chi connectivity index (χ1v) is 20.0. The van der Waals surface area contributed by atoms with E-state index in [0.717, 1.165) is 12.0 Å². The van der Waals surface area contributed by atoms with E-state index >= 15 is 0 Å². The molecule has 13 atom stereocenters. The molecule has 4 N–H and O–H groups in total. The van der Waals surface area contributed by atoms with Gasteiger partial charge in [-0.05, 0) is 71.0 Å². The maximum Gasteiger partial charge on any atom is 0.316 e. The van der Waals surface area contributed by atoms with Gasteiger partial charge in [0, 0.05) is 48.4 Å². The topological polar surface area (TPSA) is 200 Å². The minimum absolute atomic E-state index is 0.0386. The summed E-state index contributed by atoms with van der Waals surface area (Å²) in [7, 11) is 4.96. The van der Waals surface area contributed by atoms with Crippen LogP contribution in [0.25, 0.3) is 0 Å². The van der Waals surface area contributed by atoms with Crippen molar-refractivity contribution in [3.05, 3.63) is 69.8 Å². The van der Waals surface area contributed by atoms with E-state index in [1.807, 2.05) is 39.8 Å². The number of carbonyl (C=O) groups excluding carboxylic acids is 3. The van der Waals surface area contributed by atoms with Crippen molar-refractivity contribution >= 4 is 17.5 Å². The molecule has 3 aliphatic heterocycles. The number of aromatic hydroxyl groups is 2. The van der Waals surface area contributed by atoms with Gasteiger partial charge in [-0.1, -0.05) is 25.6 Å². The Balaban J connectivity index is 1.13. The van der Waals surface area contributed by atoms with Crippen LogP contribution in [0, 0.1) is 0 Å². The van der Waals surface area contributed by atoms with Gasteiger partial charge in [-0.2, -0.15) is 0 Å². The predicted molar refractivity (Wildman–Crippen MR) is 205 cm³/mol. The monoisotopic (exact) mass is 809 g/mol. The van der Waals surface area contributed by atoms with E-state index in [2.05, 4.69) is 6.58 Å². The van der Waals surface area contributed by atoms with Gasteiger partial charge in [0.1, 0.15) is 29.6 Å². The van der Waals surface area contributed by atoms with Crippen LogP contribution >= 0.6 is 0 Å². The highest BCUT2D eigenvalue weighted by molar-refractivity contribution is 6.30. The minimum Gasteiger partial charge on any atom is -0.507 e. The number of nitrogens with zero attached hydrogens (tertiary/aromatic N) is 1. The molecule has 0 radical (unpaired) electrons. The van der Waals surface area contributed by atoms with Gasteiger partial charge in [0.05, 0.1) is 54.4 Å². The quantitative estimate of drug-likeness (QED) is 0.177. The third-order valence-corrected chi connectivity index (χ3v) is 12.6. The summed E-state index contributed by atoms with van der Waals surface area (Å²) in [4.78, 5) is 43.1. The number of likely N-dealkylation sites (N-methyl/N-ethyl adjacent to an activating group) is 1. The van der Waals surface area contributed by atoms with Crippen LogP contribution in [0.4, 0.5) is 0 Å². The van der Waals surface area contributed by atoms with Gasteiger partial charge in [-0.15, -0.1) is 0 Å². The van der Waals surface area contributed by atoms with E-state index in [4.69, 9.17) is 33.2 Å². The molecule has 0 bridgehead atoms. The summed E-state index contributed by atoms with van der Waals surface area (Å²) in [5.74, 6) is -4.55. The number of aliphatic hydroxyl groups excluding tert-OH is 1. The Morgan fingerprint density at radius 1 is 0.931 bits per heavy atom. The Kier molecular flexibility index (Phi) is 11.9. The number of phenols is 2. The SMILES string of the molecule is C=C1CC[C@H](O[C@H]2C(O)C[C@H](O[C@@H]3C(C)O[C@@H](O[C@H]4C[C@](O)(CC)[C@H](C(=O)OC)c5cc6c(c(O)c54)C(=O)c4c(O)cccc4C6=O)CC3N(C)C)OC2C)OC1C. The van der Waals surface area contributed by atoms with E-state index in [1.54, 1.807) is 6.92 Å². The van der Waals surface area contributed by atoms with Crippen LogP contribution in [-0.4, -0.2) is 131 Å². The third-order valence-electron chi connectivity index (χ3n) is 12.6. The number of rotatable bonds is 9. The molecular weight excluding hydrogens is 754 g/mol. The fourth-order valence-electron chi connectivity index (χ4n) is 9.34. The molecule has 2 aromatic rings. The van der Waals surface area contributed by atoms with E-state index in [0.29, 0.717) is 6.42 Å². The Hall–Kier alpha value is -3.77. The number of aliphatic hydroxyl groups is 2. The highest BCUT2D eigenvalue weighted by Crippen LogP contribution is 2.54. The van der Waals surface area contributed by atoms with Crippen LogP contribution in [0.3, 0.4) is 0 Å². The molecule has 15 nitrogen and oxygen atoms in total. The van der Waals surface area contributed by atoms with Gasteiger partial charge in [0.25, 0.3) is 0 Å². The molecule has 3 fully saturated rings. The molecule has 15 heteroatoms. The van der Waals surface area contributed by atoms with Crippen LogP contribution in [0.5, 0.6) is 11.5 Å². The zero-order chi connectivity index (χ0) is 42.0. The maximum absolute atomic E-state index is 13.9. The second-order valence-electron chi connectivity index (χ2n) is 16.5. The lowest BCUT2D eigenvalue weighted by molar-refractivity contribution is -0.324. The summed E-state index contributed by atoms with van der Waals surface area (Å²) >= 11 is 0. The standard InChI is InChI=1S/C43H55NO14/c1-9-43(51)18-29(34-24(36(43)42(50)52-8)15-25-35(39(34)49)38(48)33-23(37(25)47)11-10-12-27(33)45)56-31-16-26(44(6)7)40(21(4)54-31)58-32-17-28(46)41(22(5)55-32)57-30-14-13-19(2)20(3)53-30/h10-12,15,20-22,26,28-32,36,40-41,45-46,49,51H,2,9,13-14,16-18H2,1,3-8H3/t20?,21?,22?,26?,28?,29-,30-,31-,32-,36-,40+,41+,43+/m0/s1.